The van der Waals surface area contributed by atoms with Crippen LogP contribution < -0.4 is 11.1 Å². The minimum absolute atomic E-state index is 0.0477. The molecular formula is C16H27N5. The molecule has 5 nitrogen and oxygen atoms in total. The van der Waals surface area contributed by atoms with E-state index in [2.05, 4.69) is 38.0 Å². The number of hydrogen-bond donors (Lipinski definition) is 2. The molecule has 0 aromatic carbocycles. The van der Waals surface area contributed by atoms with Crippen LogP contribution in [-0.4, -0.2) is 29.6 Å². The van der Waals surface area contributed by atoms with E-state index in [4.69, 9.17) is 11.0 Å². The third-order valence-electron chi connectivity index (χ3n) is 4.23. The number of nitrogens with one attached hydrogen (secondary N) is 1. The van der Waals surface area contributed by atoms with Gasteiger partial charge < -0.3 is 16.0 Å². The van der Waals surface area contributed by atoms with E-state index >= 15 is 0 Å². The van der Waals surface area contributed by atoms with E-state index in [1.165, 1.54) is 0 Å². The van der Waals surface area contributed by atoms with Gasteiger partial charge in [-0.05, 0) is 25.7 Å². The van der Waals surface area contributed by atoms with Crippen LogP contribution in [0.4, 0.5) is 0 Å². The minimum Gasteiger partial charge on any atom is -0.383 e. The fraction of sp³-hybridized carbons (Fsp3) is 0.750. The average molecular weight is 289 g/mol. The molecule has 1 heterocycles. The van der Waals surface area contributed by atoms with Crippen molar-refractivity contribution in [2.24, 2.45) is 11.7 Å². The second-order valence-electron chi connectivity index (χ2n) is 5.80. The van der Waals surface area contributed by atoms with Crippen LogP contribution in [0.5, 0.6) is 0 Å². The van der Waals surface area contributed by atoms with E-state index in [0.717, 1.165) is 37.9 Å². The molecule has 0 bridgehead atoms. The molecule has 1 aliphatic heterocycles. The van der Waals surface area contributed by atoms with Crippen molar-refractivity contribution < 1.29 is 0 Å². The molecule has 21 heavy (non-hydrogen) atoms. The zero-order chi connectivity index (χ0) is 15.8. The van der Waals surface area contributed by atoms with E-state index in [9.17, 15) is 5.26 Å². The summed E-state index contributed by atoms with van der Waals surface area (Å²) in [4.78, 5) is 1.71. The van der Waals surface area contributed by atoms with E-state index < -0.39 is 0 Å². The Morgan fingerprint density at radius 1 is 1.48 bits per heavy atom. The SMILES string of the molecule is C=C(NC(CC)C(C#N)CC(N)CCC)C1CCN1C#N. The molecule has 0 aliphatic carbocycles. The monoisotopic (exact) mass is 289 g/mol. The van der Waals surface area contributed by atoms with Crippen LogP contribution in [0.1, 0.15) is 46.0 Å². The molecule has 4 unspecified atom stereocenters. The van der Waals surface area contributed by atoms with Gasteiger partial charge in [-0.15, -0.1) is 0 Å². The fourth-order valence-corrected chi connectivity index (χ4v) is 2.81. The predicted octanol–water partition coefficient (Wildman–Crippen LogP) is 2.08. The van der Waals surface area contributed by atoms with Gasteiger partial charge in [0.25, 0.3) is 0 Å². The Morgan fingerprint density at radius 2 is 2.19 bits per heavy atom. The average Bonchev–Trinajstić information content (AvgIpc) is 2.42. The summed E-state index contributed by atoms with van der Waals surface area (Å²) in [5, 5.41) is 21.8. The fourth-order valence-electron chi connectivity index (χ4n) is 2.81. The zero-order valence-electron chi connectivity index (χ0n) is 13.2. The Balaban J connectivity index is 2.58. The summed E-state index contributed by atoms with van der Waals surface area (Å²) < 4.78 is 0. The molecule has 1 rings (SSSR count). The number of nitrogens with zero attached hydrogens (tertiary/aromatic N) is 3. The van der Waals surface area contributed by atoms with E-state index in [0.29, 0.717) is 6.42 Å². The number of likely N-dealkylation sites (tertiary alicyclic amines) is 1. The van der Waals surface area contributed by atoms with E-state index in [1.54, 1.807) is 4.90 Å². The lowest BCUT2D eigenvalue weighted by atomic mass is 9.89. The standard InChI is InChI=1S/C16H27N5/c1-4-6-14(19)9-13(10-17)15(5-2)20-12(3)16-7-8-21(16)11-18/h13-16,20H,3-9,19H2,1-2H3. The highest BCUT2D eigenvalue weighted by atomic mass is 15.2. The second-order valence-corrected chi connectivity index (χ2v) is 5.80. The Kier molecular flexibility index (Phi) is 7.05. The van der Waals surface area contributed by atoms with Gasteiger partial charge in [0.1, 0.15) is 0 Å². The summed E-state index contributed by atoms with van der Waals surface area (Å²) in [5.41, 5.74) is 6.92. The van der Waals surface area contributed by atoms with Gasteiger partial charge in [-0.3, -0.25) is 0 Å². The molecule has 0 aromatic rings. The molecule has 1 saturated heterocycles. The molecule has 1 aliphatic rings. The topological polar surface area (TPSA) is 88.9 Å². The second kappa shape index (κ2) is 8.54. The van der Waals surface area contributed by atoms with Gasteiger partial charge in [0.2, 0.25) is 0 Å². The van der Waals surface area contributed by atoms with Crippen LogP contribution in [0, 0.1) is 28.7 Å². The first-order chi connectivity index (χ1) is 10.1. The Morgan fingerprint density at radius 3 is 2.62 bits per heavy atom. The van der Waals surface area contributed by atoms with Gasteiger partial charge in [-0.2, -0.15) is 10.5 Å². The molecule has 0 saturated carbocycles. The Labute approximate surface area is 128 Å². The lowest BCUT2D eigenvalue weighted by Gasteiger charge is -2.39. The van der Waals surface area contributed by atoms with Crippen molar-refractivity contribution in [3.05, 3.63) is 12.3 Å². The van der Waals surface area contributed by atoms with Crippen LogP contribution >= 0.6 is 0 Å². The third kappa shape index (κ3) is 4.65. The number of rotatable bonds is 9. The summed E-state index contributed by atoms with van der Waals surface area (Å²) in [5.74, 6) is -0.121. The molecule has 0 spiro atoms. The normalized spacial score (nSPS) is 21.4. The highest BCUT2D eigenvalue weighted by Gasteiger charge is 2.31. The lowest BCUT2D eigenvalue weighted by molar-refractivity contribution is 0.185. The van der Waals surface area contributed by atoms with Crippen molar-refractivity contribution in [3.8, 4) is 12.3 Å². The van der Waals surface area contributed by atoms with Crippen molar-refractivity contribution in [1.82, 2.24) is 10.2 Å². The van der Waals surface area contributed by atoms with Gasteiger partial charge in [-0.1, -0.05) is 26.8 Å². The molecule has 1 fully saturated rings. The quantitative estimate of drug-likeness (QED) is 0.634. The van der Waals surface area contributed by atoms with Crippen LogP contribution in [0.2, 0.25) is 0 Å². The largest absolute Gasteiger partial charge is 0.383 e. The van der Waals surface area contributed by atoms with E-state index in [1.807, 2.05) is 0 Å². The maximum absolute atomic E-state index is 9.43. The van der Waals surface area contributed by atoms with Gasteiger partial charge in [0.15, 0.2) is 6.19 Å². The Bertz CT molecular complexity index is 419. The zero-order valence-corrected chi connectivity index (χ0v) is 13.2. The number of nitrogens with two attached hydrogens (primary N) is 1. The highest BCUT2D eigenvalue weighted by Crippen LogP contribution is 2.23. The summed E-state index contributed by atoms with van der Waals surface area (Å²) in [6, 6.07) is 2.58. The molecule has 116 valence electrons. The molecular weight excluding hydrogens is 262 g/mol. The first kappa shape index (κ1) is 17.3. The first-order valence-corrected chi connectivity index (χ1v) is 7.84. The van der Waals surface area contributed by atoms with Crippen LogP contribution in [0.15, 0.2) is 12.3 Å². The summed E-state index contributed by atoms with van der Waals surface area (Å²) in [7, 11) is 0. The maximum Gasteiger partial charge on any atom is 0.179 e. The van der Waals surface area contributed by atoms with Crippen LogP contribution in [-0.2, 0) is 0 Å². The van der Waals surface area contributed by atoms with Gasteiger partial charge >= 0.3 is 0 Å². The number of nitriles is 2. The van der Waals surface area contributed by atoms with Crippen LogP contribution in [0.25, 0.3) is 0 Å². The first-order valence-electron chi connectivity index (χ1n) is 7.84. The molecule has 0 aromatic heterocycles. The third-order valence-corrected chi connectivity index (χ3v) is 4.23. The summed E-state index contributed by atoms with van der Waals surface area (Å²) in [6.45, 7) is 9.01. The predicted molar refractivity (Wildman–Crippen MR) is 83.7 cm³/mol. The highest BCUT2D eigenvalue weighted by molar-refractivity contribution is 5.14. The van der Waals surface area contributed by atoms with Gasteiger partial charge in [-0.25, -0.2) is 0 Å². The molecule has 0 amide bonds. The van der Waals surface area contributed by atoms with E-state index in [-0.39, 0.29) is 24.0 Å². The van der Waals surface area contributed by atoms with Crippen LogP contribution in [0.3, 0.4) is 0 Å². The smallest absolute Gasteiger partial charge is 0.179 e. The van der Waals surface area contributed by atoms with Crippen molar-refractivity contribution in [1.29, 1.82) is 10.5 Å². The Hall–Kier alpha value is -1.72. The van der Waals surface area contributed by atoms with Crippen molar-refractivity contribution in [2.75, 3.05) is 6.54 Å². The number of hydrogen-bond acceptors (Lipinski definition) is 5. The molecule has 3 N–H and O–H groups in total. The van der Waals surface area contributed by atoms with Gasteiger partial charge in [0.05, 0.1) is 18.0 Å². The van der Waals surface area contributed by atoms with Crippen molar-refractivity contribution >= 4 is 0 Å². The van der Waals surface area contributed by atoms with Gasteiger partial charge in [0, 0.05) is 24.3 Å². The molecule has 5 heteroatoms. The summed E-state index contributed by atoms with van der Waals surface area (Å²) in [6.07, 6.45) is 6.64. The molecule has 0 radical (unpaired) electrons. The molecule has 4 atom stereocenters. The minimum atomic E-state index is -0.121. The maximum atomic E-state index is 9.43. The lowest BCUT2D eigenvalue weighted by Crippen LogP contribution is -2.50. The summed E-state index contributed by atoms with van der Waals surface area (Å²) >= 11 is 0. The van der Waals surface area contributed by atoms with Crippen molar-refractivity contribution in [3.63, 3.8) is 0 Å². The van der Waals surface area contributed by atoms with Crippen molar-refractivity contribution in [2.45, 2.75) is 64.1 Å².